The molecular formula is C23H32ClN3O5S. The van der Waals surface area contributed by atoms with Gasteiger partial charge in [-0.3, -0.25) is 4.90 Å². The molecule has 0 radical (unpaired) electrons. The number of fused-ring (bicyclic) bond motifs is 3. The Balaban J connectivity index is 1.18. The summed E-state index contributed by atoms with van der Waals surface area (Å²) in [5.41, 5.74) is 0.753. The van der Waals surface area contributed by atoms with E-state index in [2.05, 4.69) is 4.90 Å². The van der Waals surface area contributed by atoms with Crippen molar-refractivity contribution in [3.8, 4) is 0 Å². The standard InChI is InChI=1S/C23H32ClN3O5S/c24-16-6-7-22-20(13-16)21-5-1-3-18(27(21)33(22,30)31)15-32-23(29)25-11-8-17(9-12-25)26-10-2-4-19(28)14-26/h6-7,13,17-19,21,28H,1-5,8-12,14-15H2/t18-,19?,21+/m1/s1. The number of ether oxygens (including phenoxy) is 1. The fourth-order valence-corrected chi connectivity index (χ4v) is 8.24. The van der Waals surface area contributed by atoms with E-state index in [9.17, 15) is 18.3 Å². The summed E-state index contributed by atoms with van der Waals surface area (Å²) in [6, 6.07) is 4.73. The molecule has 5 rings (SSSR count). The molecule has 3 atom stereocenters. The quantitative estimate of drug-likeness (QED) is 0.690. The van der Waals surface area contributed by atoms with Gasteiger partial charge in [-0.1, -0.05) is 11.6 Å². The Morgan fingerprint density at radius 1 is 1.09 bits per heavy atom. The van der Waals surface area contributed by atoms with E-state index in [1.807, 2.05) is 0 Å². The van der Waals surface area contributed by atoms with Crippen LogP contribution >= 0.6 is 11.6 Å². The summed E-state index contributed by atoms with van der Waals surface area (Å²) in [7, 11) is -3.63. The van der Waals surface area contributed by atoms with Crippen LogP contribution in [-0.2, 0) is 14.8 Å². The predicted octanol–water partition coefficient (Wildman–Crippen LogP) is 3.00. The maximum Gasteiger partial charge on any atom is 0.409 e. The van der Waals surface area contributed by atoms with Crippen molar-refractivity contribution in [3.05, 3.63) is 28.8 Å². The van der Waals surface area contributed by atoms with Gasteiger partial charge in [-0.05, 0) is 75.3 Å². The zero-order valence-corrected chi connectivity index (χ0v) is 20.3. The minimum Gasteiger partial charge on any atom is -0.448 e. The van der Waals surface area contributed by atoms with Crippen molar-refractivity contribution in [2.45, 2.75) is 74.1 Å². The van der Waals surface area contributed by atoms with Crippen LogP contribution in [0.2, 0.25) is 5.02 Å². The maximum atomic E-state index is 13.2. The molecule has 4 aliphatic heterocycles. The van der Waals surface area contributed by atoms with E-state index in [-0.39, 0.29) is 30.9 Å². The average Bonchev–Trinajstić information content (AvgIpc) is 3.04. The van der Waals surface area contributed by atoms with Crippen molar-refractivity contribution >= 4 is 27.7 Å². The first-order valence-corrected chi connectivity index (χ1v) is 13.8. The molecule has 1 aromatic rings. The summed E-state index contributed by atoms with van der Waals surface area (Å²) in [5.74, 6) is 0. The second kappa shape index (κ2) is 9.34. The van der Waals surface area contributed by atoms with Gasteiger partial charge in [0.05, 0.1) is 23.1 Å². The monoisotopic (exact) mass is 497 g/mol. The topological polar surface area (TPSA) is 90.4 Å². The van der Waals surface area contributed by atoms with Crippen LogP contribution in [0, 0.1) is 0 Å². The van der Waals surface area contributed by atoms with Crippen molar-refractivity contribution in [2.75, 3.05) is 32.8 Å². The van der Waals surface area contributed by atoms with Crippen molar-refractivity contribution in [3.63, 3.8) is 0 Å². The minimum absolute atomic E-state index is 0.0640. The molecule has 1 N–H and O–H groups in total. The summed E-state index contributed by atoms with van der Waals surface area (Å²) in [6.07, 6.45) is 5.29. The Morgan fingerprint density at radius 3 is 2.64 bits per heavy atom. The van der Waals surface area contributed by atoms with Crippen LogP contribution in [0.25, 0.3) is 0 Å². The Kier molecular flexibility index (Phi) is 6.61. The third-order valence-electron chi connectivity index (χ3n) is 7.63. The second-order valence-electron chi connectivity index (χ2n) is 9.70. The molecule has 0 aliphatic carbocycles. The van der Waals surface area contributed by atoms with Crippen LogP contribution < -0.4 is 0 Å². The molecule has 0 saturated carbocycles. The first-order chi connectivity index (χ1) is 15.8. The second-order valence-corrected chi connectivity index (χ2v) is 12.0. The highest BCUT2D eigenvalue weighted by Crippen LogP contribution is 2.47. The number of carbonyl (C=O) groups excluding carboxylic acids is 1. The first kappa shape index (κ1) is 23.4. The molecule has 0 aromatic heterocycles. The molecule has 10 heteroatoms. The number of aliphatic hydroxyl groups excluding tert-OH is 1. The third kappa shape index (κ3) is 4.50. The van der Waals surface area contributed by atoms with Crippen LogP contribution in [0.3, 0.4) is 0 Å². The lowest BCUT2D eigenvalue weighted by Gasteiger charge is -2.41. The predicted molar refractivity (Wildman–Crippen MR) is 124 cm³/mol. The fraction of sp³-hybridized carbons (Fsp3) is 0.696. The molecule has 3 fully saturated rings. The van der Waals surface area contributed by atoms with Gasteiger partial charge in [-0.15, -0.1) is 0 Å². The van der Waals surface area contributed by atoms with E-state index in [1.54, 1.807) is 27.4 Å². The molecule has 1 aromatic carbocycles. The first-order valence-electron chi connectivity index (χ1n) is 12.0. The van der Waals surface area contributed by atoms with E-state index in [4.69, 9.17) is 16.3 Å². The number of β-amino-alcohol motifs (C(OH)–C–C–N with tert-alkyl or cyclic N) is 1. The van der Waals surface area contributed by atoms with E-state index in [1.165, 1.54) is 0 Å². The number of piperidine rings is 3. The minimum atomic E-state index is -3.63. The lowest BCUT2D eigenvalue weighted by molar-refractivity contribution is 0.0189. The zero-order valence-electron chi connectivity index (χ0n) is 18.7. The Bertz CT molecular complexity index is 998. The molecule has 1 unspecified atom stereocenters. The molecule has 3 saturated heterocycles. The Morgan fingerprint density at radius 2 is 1.88 bits per heavy atom. The van der Waals surface area contributed by atoms with E-state index < -0.39 is 10.0 Å². The third-order valence-corrected chi connectivity index (χ3v) is 9.90. The molecule has 1 amide bonds. The van der Waals surface area contributed by atoms with Crippen molar-refractivity contribution < 1.29 is 23.1 Å². The number of amides is 1. The van der Waals surface area contributed by atoms with Crippen LogP contribution in [0.15, 0.2) is 23.1 Å². The number of hydrogen-bond donors (Lipinski definition) is 1. The molecule has 182 valence electrons. The molecule has 4 aliphatic rings. The Labute approximate surface area is 200 Å². The van der Waals surface area contributed by atoms with Crippen LogP contribution in [0.4, 0.5) is 4.79 Å². The number of sulfonamides is 1. The number of nitrogens with zero attached hydrogens (tertiary/aromatic N) is 3. The average molecular weight is 498 g/mol. The highest BCUT2D eigenvalue weighted by molar-refractivity contribution is 7.89. The maximum absolute atomic E-state index is 13.2. The largest absolute Gasteiger partial charge is 0.448 e. The zero-order chi connectivity index (χ0) is 23.2. The molecule has 0 bridgehead atoms. The smallest absolute Gasteiger partial charge is 0.409 e. The van der Waals surface area contributed by atoms with Crippen LogP contribution in [0.5, 0.6) is 0 Å². The van der Waals surface area contributed by atoms with Gasteiger partial charge in [0.25, 0.3) is 0 Å². The van der Waals surface area contributed by atoms with Gasteiger partial charge in [0, 0.05) is 30.7 Å². The van der Waals surface area contributed by atoms with Gasteiger partial charge in [0.1, 0.15) is 6.61 Å². The molecular weight excluding hydrogens is 466 g/mol. The number of hydrogen-bond acceptors (Lipinski definition) is 6. The molecule has 4 heterocycles. The summed E-state index contributed by atoms with van der Waals surface area (Å²) >= 11 is 6.14. The highest BCUT2D eigenvalue weighted by atomic mass is 35.5. The number of benzene rings is 1. The van der Waals surface area contributed by atoms with Crippen LogP contribution in [0.1, 0.15) is 56.6 Å². The van der Waals surface area contributed by atoms with Crippen molar-refractivity contribution in [1.82, 2.24) is 14.1 Å². The lowest BCUT2D eigenvalue weighted by Crippen LogP contribution is -2.51. The summed E-state index contributed by atoms with van der Waals surface area (Å²) < 4.78 is 33.6. The van der Waals surface area contributed by atoms with Crippen molar-refractivity contribution in [1.29, 1.82) is 0 Å². The van der Waals surface area contributed by atoms with E-state index in [0.717, 1.165) is 57.2 Å². The van der Waals surface area contributed by atoms with Gasteiger partial charge in [-0.25, -0.2) is 13.2 Å². The normalized spacial score (nSPS) is 30.6. The van der Waals surface area contributed by atoms with Crippen LogP contribution in [-0.4, -0.2) is 84.7 Å². The lowest BCUT2D eigenvalue weighted by atomic mass is 9.94. The van der Waals surface area contributed by atoms with Gasteiger partial charge in [0.15, 0.2) is 0 Å². The molecule has 33 heavy (non-hydrogen) atoms. The molecule has 0 spiro atoms. The van der Waals surface area contributed by atoms with E-state index >= 15 is 0 Å². The fourth-order valence-electron chi connectivity index (χ4n) is 5.98. The highest BCUT2D eigenvalue weighted by Gasteiger charge is 2.48. The Hall–Kier alpha value is -1.39. The van der Waals surface area contributed by atoms with E-state index in [0.29, 0.717) is 35.5 Å². The van der Waals surface area contributed by atoms with Gasteiger partial charge in [0.2, 0.25) is 10.0 Å². The number of rotatable bonds is 3. The van der Waals surface area contributed by atoms with Gasteiger partial charge < -0.3 is 14.7 Å². The summed E-state index contributed by atoms with van der Waals surface area (Å²) in [6.45, 7) is 3.03. The number of halogens is 1. The number of likely N-dealkylation sites (tertiary alicyclic amines) is 2. The summed E-state index contributed by atoms with van der Waals surface area (Å²) in [5, 5.41) is 10.5. The molecule has 8 nitrogen and oxygen atoms in total. The van der Waals surface area contributed by atoms with Gasteiger partial charge in [-0.2, -0.15) is 4.31 Å². The number of aliphatic hydroxyl groups is 1. The van der Waals surface area contributed by atoms with Crippen molar-refractivity contribution in [2.24, 2.45) is 0 Å². The van der Waals surface area contributed by atoms with Gasteiger partial charge >= 0.3 is 6.09 Å². The summed E-state index contributed by atoms with van der Waals surface area (Å²) in [4.78, 5) is 17.2. The number of carbonyl (C=O) groups is 1. The SMILES string of the molecule is O=C(OC[C@H]1CCC[C@H]2c3cc(Cl)ccc3S(=O)(=O)N12)N1CCC(N2CCCC(O)C2)CC1.